The van der Waals surface area contributed by atoms with Crippen LogP contribution in [0.25, 0.3) is 10.9 Å². The molecule has 4 rings (SSSR count). The summed E-state index contributed by atoms with van der Waals surface area (Å²) in [7, 11) is 1.60. The van der Waals surface area contributed by atoms with Crippen LogP contribution in [-0.2, 0) is 0 Å². The van der Waals surface area contributed by atoms with Crippen molar-refractivity contribution >= 4 is 16.8 Å². The number of ether oxygens (including phenoxy) is 2. The number of nitrogens with zero attached hydrogens (tertiary/aromatic N) is 2. The van der Waals surface area contributed by atoms with Crippen LogP contribution in [-0.4, -0.2) is 53.3 Å². The number of rotatable bonds is 4. The lowest BCUT2D eigenvalue weighted by Crippen LogP contribution is -2.33. The highest BCUT2D eigenvalue weighted by molar-refractivity contribution is 5.94. The van der Waals surface area contributed by atoms with Gasteiger partial charge in [-0.05, 0) is 30.7 Å². The number of methoxy groups -OCH3 is 1. The smallest absolute Gasteiger partial charge is 0.272 e. The van der Waals surface area contributed by atoms with E-state index in [1.807, 2.05) is 48.5 Å². The molecule has 2 atom stereocenters. The standard InChI is InChI=1S/C23H24N2O4/c1-28-17-6-4-7-18(15-17)29-22-12-14-25(13-11-21(22)26)23(27)20-10-9-16-5-2-3-8-19(16)24-20/h2-10,15,21-22,26H,11-14H2,1H3/t21-,22-/m0/s1. The van der Waals surface area contributed by atoms with Crippen LogP contribution >= 0.6 is 0 Å². The molecule has 1 saturated heterocycles. The van der Waals surface area contributed by atoms with E-state index in [1.165, 1.54) is 0 Å². The first-order valence-electron chi connectivity index (χ1n) is 9.78. The lowest BCUT2D eigenvalue weighted by Gasteiger charge is -2.22. The molecule has 0 unspecified atom stereocenters. The maximum absolute atomic E-state index is 13.0. The molecule has 1 N–H and O–H groups in total. The summed E-state index contributed by atoms with van der Waals surface area (Å²) in [5, 5.41) is 11.5. The van der Waals surface area contributed by atoms with Crippen LogP contribution in [0.4, 0.5) is 0 Å². The number of para-hydroxylation sites is 1. The fourth-order valence-electron chi connectivity index (χ4n) is 3.60. The van der Waals surface area contributed by atoms with Crippen LogP contribution in [0.2, 0.25) is 0 Å². The number of carbonyl (C=O) groups is 1. The van der Waals surface area contributed by atoms with Crippen molar-refractivity contribution in [1.29, 1.82) is 0 Å². The van der Waals surface area contributed by atoms with Gasteiger partial charge in [-0.3, -0.25) is 4.79 Å². The highest BCUT2D eigenvalue weighted by Crippen LogP contribution is 2.24. The molecule has 150 valence electrons. The van der Waals surface area contributed by atoms with Crippen molar-refractivity contribution in [2.75, 3.05) is 20.2 Å². The summed E-state index contributed by atoms with van der Waals surface area (Å²) in [5.74, 6) is 1.22. The Morgan fingerprint density at radius 1 is 1.03 bits per heavy atom. The zero-order valence-electron chi connectivity index (χ0n) is 16.3. The number of aromatic nitrogens is 1. The predicted molar refractivity (Wildman–Crippen MR) is 110 cm³/mol. The second kappa shape index (κ2) is 8.49. The van der Waals surface area contributed by atoms with E-state index in [2.05, 4.69) is 4.98 Å². The molecule has 2 heterocycles. The molecule has 0 spiro atoms. The van der Waals surface area contributed by atoms with Crippen molar-refractivity contribution in [2.45, 2.75) is 25.0 Å². The van der Waals surface area contributed by atoms with Crippen molar-refractivity contribution in [2.24, 2.45) is 0 Å². The number of fused-ring (bicyclic) bond motifs is 1. The van der Waals surface area contributed by atoms with Crippen molar-refractivity contribution in [1.82, 2.24) is 9.88 Å². The highest BCUT2D eigenvalue weighted by Gasteiger charge is 2.29. The van der Waals surface area contributed by atoms with Crippen LogP contribution in [0, 0.1) is 0 Å². The van der Waals surface area contributed by atoms with Crippen LogP contribution in [0.1, 0.15) is 23.3 Å². The lowest BCUT2D eigenvalue weighted by atomic mass is 10.1. The third-order valence-corrected chi connectivity index (χ3v) is 5.24. The van der Waals surface area contributed by atoms with Gasteiger partial charge in [-0.2, -0.15) is 0 Å². The minimum atomic E-state index is -0.649. The number of carbonyl (C=O) groups excluding carboxylic acids is 1. The van der Waals surface area contributed by atoms with E-state index < -0.39 is 6.10 Å². The van der Waals surface area contributed by atoms with Gasteiger partial charge in [-0.25, -0.2) is 4.98 Å². The van der Waals surface area contributed by atoms with Crippen LogP contribution < -0.4 is 9.47 Å². The molecule has 6 nitrogen and oxygen atoms in total. The molecule has 0 bridgehead atoms. The first-order chi connectivity index (χ1) is 14.1. The fourth-order valence-corrected chi connectivity index (χ4v) is 3.60. The number of amides is 1. The average Bonchev–Trinajstić information content (AvgIpc) is 2.95. The molecule has 0 aliphatic carbocycles. The molecule has 6 heteroatoms. The Bertz CT molecular complexity index is 1010. The average molecular weight is 392 g/mol. The summed E-state index contributed by atoms with van der Waals surface area (Å²) in [6.45, 7) is 0.964. The van der Waals surface area contributed by atoms with Gasteiger partial charge in [-0.1, -0.05) is 30.3 Å². The Morgan fingerprint density at radius 3 is 2.69 bits per heavy atom. The number of hydrogen-bond acceptors (Lipinski definition) is 5. The van der Waals surface area contributed by atoms with Gasteiger partial charge in [0.25, 0.3) is 5.91 Å². The fraction of sp³-hybridized carbons (Fsp3) is 0.304. The zero-order chi connectivity index (χ0) is 20.2. The predicted octanol–water partition coefficient (Wildman–Crippen LogP) is 3.29. The Kier molecular flexibility index (Phi) is 5.62. The third-order valence-electron chi connectivity index (χ3n) is 5.24. The number of hydrogen-bond donors (Lipinski definition) is 1. The lowest BCUT2D eigenvalue weighted by molar-refractivity contribution is 0.0349. The number of benzene rings is 2. The first-order valence-corrected chi connectivity index (χ1v) is 9.78. The molecule has 1 aliphatic rings. The molecular formula is C23H24N2O4. The Hall–Kier alpha value is -3.12. The van der Waals surface area contributed by atoms with E-state index >= 15 is 0 Å². The summed E-state index contributed by atoms with van der Waals surface area (Å²) in [6, 6.07) is 18.7. The number of pyridine rings is 1. The van der Waals surface area contributed by atoms with E-state index in [0.717, 1.165) is 10.9 Å². The topological polar surface area (TPSA) is 71.9 Å². The number of likely N-dealkylation sites (tertiary alicyclic amines) is 1. The molecule has 29 heavy (non-hydrogen) atoms. The first kappa shape index (κ1) is 19.2. The van der Waals surface area contributed by atoms with Gasteiger partial charge >= 0.3 is 0 Å². The maximum atomic E-state index is 13.0. The molecule has 1 aromatic heterocycles. The second-order valence-corrected chi connectivity index (χ2v) is 7.16. The van der Waals surface area contributed by atoms with Gasteiger partial charge in [-0.15, -0.1) is 0 Å². The van der Waals surface area contributed by atoms with Gasteiger partial charge in [0.15, 0.2) is 0 Å². The minimum Gasteiger partial charge on any atom is -0.497 e. The van der Waals surface area contributed by atoms with E-state index in [9.17, 15) is 9.90 Å². The quantitative estimate of drug-likeness (QED) is 0.738. The molecular weight excluding hydrogens is 368 g/mol. The van der Waals surface area contributed by atoms with E-state index in [1.54, 1.807) is 24.1 Å². The molecule has 0 radical (unpaired) electrons. The summed E-state index contributed by atoms with van der Waals surface area (Å²) in [4.78, 5) is 19.2. The number of aliphatic hydroxyl groups is 1. The SMILES string of the molecule is COc1cccc(O[C@H]2CCN(C(=O)c3ccc4ccccc4n3)CC[C@@H]2O)c1. The second-order valence-electron chi connectivity index (χ2n) is 7.16. The van der Waals surface area contributed by atoms with Crippen molar-refractivity contribution in [3.05, 3.63) is 66.4 Å². The summed E-state index contributed by atoms with van der Waals surface area (Å²) >= 11 is 0. The van der Waals surface area contributed by atoms with Gasteiger partial charge in [0.2, 0.25) is 0 Å². The Morgan fingerprint density at radius 2 is 1.83 bits per heavy atom. The summed E-state index contributed by atoms with van der Waals surface area (Å²) < 4.78 is 11.2. The van der Waals surface area contributed by atoms with Crippen molar-refractivity contribution in [3.63, 3.8) is 0 Å². The molecule has 1 amide bonds. The third kappa shape index (κ3) is 4.32. The van der Waals surface area contributed by atoms with E-state index in [0.29, 0.717) is 43.1 Å². The highest BCUT2D eigenvalue weighted by atomic mass is 16.5. The zero-order valence-corrected chi connectivity index (χ0v) is 16.3. The van der Waals surface area contributed by atoms with Gasteiger partial charge in [0.05, 0.1) is 18.7 Å². The van der Waals surface area contributed by atoms with Gasteiger partial charge in [0, 0.05) is 31.0 Å². The Balaban J connectivity index is 1.45. The van der Waals surface area contributed by atoms with Gasteiger partial charge in [0.1, 0.15) is 23.3 Å². The molecule has 0 saturated carbocycles. The molecule has 1 aliphatic heterocycles. The van der Waals surface area contributed by atoms with Crippen molar-refractivity contribution in [3.8, 4) is 11.5 Å². The largest absolute Gasteiger partial charge is 0.497 e. The summed E-state index contributed by atoms with van der Waals surface area (Å²) in [5.41, 5.74) is 1.22. The van der Waals surface area contributed by atoms with Gasteiger partial charge < -0.3 is 19.5 Å². The van der Waals surface area contributed by atoms with Crippen LogP contribution in [0.15, 0.2) is 60.7 Å². The maximum Gasteiger partial charge on any atom is 0.272 e. The number of aliphatic hydroxyl groups excluding tert-OH is 1. The van der Waals surface area contributed by atoms with Crippen molar-refractivity contribution < 1.29 is 19.4 Å². The van der Waals surface area contributed by atoms with E-state index in [-0.39, 0.29) is 12.0 Å². The Labute approximate surface area is 169 Å². The van der Waals surface area contributed by atoms with E-state index in [4.69, 9.17) is 9.47 Å². The summed E-state index contributed by atoms with van der Waals surface area (Å²) in [6.07, 6.45) is -0.0425. The molecule has 2 aromatic carbocycles. The molecule has 1 fully saturated rings. The monoisotopic (exact) mass is 392 g/mol. The molecule has 3 aromatic rings. The normalized spacial score (nSPS) is 19.6. The van der Waals surface area contributed by atoms with Crippen LogP contribution in [0.3, 0.4) is 0 Å². The minimum absolute atomic E-state index is 0.120. The van der Waals surface area contributed by atoms with Crippen LogP contribution in [0.5, 0.6) is 11.5 Å².